The van der Waals surface area contributed by atoms with E-state index < -0.39 is 5.95 Å². The largest absolute Gasteiger partial charge is 0.539 e. The van der Waals surface area contributed by atoms with Crippen LogP contribution in [-0.2, 0) is 0 Å². The number of rotatable bonds is 2. The molecule has 2 aromatic rings. The monoisotopic (exact) mass is 224 g/mol. The topological polar surface area (TPSA) is 70.0 Å². The molecule has 1 aromatic carbocycles. The lowest BCUT2D eigenvalue weighted by Crippen LogP contribution is -2.36. The molecule has 1 aromatic heterocycles. The van der Waals surface area contributed by atoms with Crippen molar-refractivity contribution in [2.75, 3.05) is 0 Å². The molecule has 0 radical (unpaired) electrons. The van der Waals surface area contributed by atoms with Gasteiger partial charge in [-0.15, -0.1) is 0 Å². The van der Waals surface area contributed by atoms with Gasteiger partial charge in [-0.05, 0) is 16.8 Å². The first-order valence-electron chi connectivity index (χ1n) is 4.02. The second-order valence-electron chi connectivity index (χ2n) is 2.75. The quantitative estimate of drug-likeness (QED) is 0.550. The van der Waals surface area contributed by atoms with Crippen LogP contribution in [0.3, 0.4) is 0 Å². The number of carbonyl (C=O) groups is 1. The van der Waals surface area contributed by atoms with Crippen molar-refractivity contribution in [3.8, 4) is 11.6 Å². The summed E-state index contributed by atoms with van der Waals surface area (Å²) in [4.78, 5) is 10.6. The fourth-order valence-corrected chi connectivity index (χ4v) is 1.25. The van der Waals surface area contributed by atoms with Crippen molar-refractivity contribution in [2.24, 2.45) is 0 Å². The molecule has 0 aliphatic heterocycles. The van der Waals surface area contributed by atoms with Gasteiger partial charge in [0.05, 0.1) is 5.27 Å². The summed E-state index contributed by atoms with van der Waals surface area (Å²) >= 11 is 5.69. The average molecular weight is 225 g/mol. The van der Waals surface area contributed by atoms with Crippen molar-refractivity contribution in [3.05, 3.63) is 35.0 Å². The summed E-state index contributed by atoms with van der Waals surface area (Å²) in [6.45, 7) is 0. The second kappa shape index (κ2) is 3.70. The molecule has 5 nitrogen and oxygen atoms in total. The zero-order valence-electron chi connectivity index (χ0n) is 7.38. The SMILES string of the molecule is O=Cc1c([O-])on[n+]1-c1ccc(Cl)cc1. The Morgan fingerprint density at radius 2 is 2.07 bits per heavy atom. The minimum Gasteiger partial charge on any atom is -0.539 e. The molecule has 76 valence electrons. The van der Waals surface area contributed by atoms with Crippen molar-refractivity contribution in [3.63, 3.8) is 0 Å². The van der Waals surface area contributed by atoms with Gasteiger partial charge in [-0.1, -0.05) is 11.6 Å². The summed E-state index contributed by atoms with van der Waals surface area (Å²) in [5.74, 6) is -0.764. The van der Waals surface area contributed by atoms with Crippen LogP contribution in [0.4, 0.5) is 0 Å². The fourth-order valence-electron chi connectivity index (χ4n) is 1.12. The van der Waals surface area contributed by atoms with Crippen LogP contribution in [-0.4, -0.2) is 11.6 Å². The minimum absolute atomic E-state index is 0.155. The molecular weight excluding hydrogens is 220 g/mol. The average Bonchev–Trinajstić information content (AvgIpc) is 2.61. The van der Waals surface area contributed by atoms with Crippen molar-refractivity contribution < 1.29 is 19.1 Å². The minimum atomic E-state index is -0.764. The molecule has 15 heavy (non-hydrogen) atoms. The molecule has 0 aliphatic rings. The first kappa shape index (κ1) is 9.67. The first-order chi connectivity index (χ1) is 7.22. The molecule has 1 heterocycles. The third-order valence-electron chi connectivity index (χ3n) is 1.83. The number of aromatic nitrogens is 2. The highest BCUT2D eigenvalue weighted by molar-refractivity contribution is 6.30. The highest BCUT2D eigenvalue weighted by Crippen LogP contribution is 2.11. The van der Waals surface area contributed by atoms with E-state index in [1.165, 1.54) is 0 Å². The molecule has 6 heteroatoms. The van der Waals surface area contributed by atoms with Gasteiger partial charge >= 0.3 is 5.69 Å². The number of nitrogens with zero attached hydrogens (tertiary/aromatic N) is 2. The van der Waals surface area contributed by atoms with E-state index in [-0.39, 0.29) is 5.69 Å². The molecular formula is C9H5ClN2O3. The van der Waals surface area contributed by atoms with Gasteiger partial charge in [0.15, 0.2) is 5.95 Å². The Hall–Kier alpha value is -1.88. The molecule has 0 saturated carbocycles. The predicted octanol–water partition coefficient (Wildman–Crippen LogP) is 0.491. The normalized spacial score (nSPS) is 10.2. The smallest absolute Gasteiger partial charge is 0.303 e. The molecule has 2 rings (SSSR count). The van der Waals surface area contributed by atoms with E-state index in [1.807, 2.05) is 0 Å². The van der Waals surface area contributed by atoms with E-state index in [0.29, 0.717) is 17.0 Å². The fraction of sp³-hybridized carbons (Fsp3) is 0. The van der Waals surface area contributed by atoms with Crippen molar-refractivity contribution in [1.29, 1.82) is 0 Å². The van der Waals surface area contributed by atoms with E-state index in [2.05, 4.69) is 9.79 Å². The van der Waals surface area contributed by atoms with Gasteiger partial charge < -0.3 is 9.63 Å². The Morgan fingerprint density at radius 3 is 2.67 bits per heavy atom. The number of benzene rings is 1. The zero-order chi connectivity index (χ0) is 10.8. The molecule has 0 N–H and O–H groups in total. The lowest BCUT2D eigenvalue weighted by molar-refractivity contribution is -0.671. The van der Waals surface area contributed by atoms with E-state index >= 15 is 0 Å². The van der Waals surface area contributed by atoms with Crippen molar-refractivity contribution >= 4 is 17.9 Å². The van der Waals surface area contributed by atoms with Gasteiger partial charge in [0, 0.05) is 17.2 Å². The van der Waals surface area contributed by atoms with Gasteiger partial charge in [0.2, 0.25) is 12.0 Å². The van der Waals surface area contributed by atoms with Crippen molar-refractivity contribution in [2.45, 2.75) is 0 Å². The van der Waals surface area contributed by atoms with Crippen LogP contribution >= 0.6 is 11.6 Å². The van der Waals surface area contributed by atoms with Crippen LogP contribution in [0.1, 0.15) is 10.5 Å². The summed E-state index contributed by atoms with van der Waals surface area (Å²) in [6, 6.07) is 6.49. The van der Waals surface area contributed by atoms with E-state index in [4.69, 9.17) is 11.6 Å². The summed E-state index contributed by atoms with van der Waals surface area (Å²) in [5.41, 5.74) is 0.379. The maximum absolute atomic E-state index is 11.0. The van der Waals surface area contributed by atoms with Crippen LogP contribution in [0.15, 0.2) is 28.8 Å². The van der Waals surface area contributed by atoms with Crippen LogP contribution < -0.4 is 9.79 Å². The summed E-state index contributed by atoms with van der Waals surface area (Å²) in [7, 11) is 0. The van der Waals surface area contributed by atoms with Gasteiger partial charge in [0.25, 0.3) is 0 Å². The predicted molar refractivity (Wildman–Crippen MR) is 47.9 cm³/mol. The third kappa shape index (κ3) is 1.69. The molecule has 0 fully saturated rings. The number of hydrogen-bond donors (Lipinski definition) is 0. The maximum atomic E-state index is 11.0. The molecule has 0 bridgehead atoms. The number of aldehydes is 1. The molecule has 0 aliphatic carbocycles. The van der Waals surface area contributed by atoms with Gasteiger partial charge in [-0.2, -0.15) is 0 Å². The third-order valence-corrected chi connectivity index (χ3v) is 2.08. The Bertz CT molecular complexity index is 493. The Kier molecular flexibility index (Phi) is 2.39. The standard InChI is InChI=1S/C9H5ClN2O3/c10-6-1-3-7(4-2-6)12-8(5-13)9(14)15-11-12/h1-5H. The van der Waals surface area contributed by atoms with Crippen LogP contribution in [0.25, 0.3) is 5.69 Å². The summed E-state index contributed by atoms with van der Waals surface area (Å²) in [5, 5.41) is 15.0. The zero-order valence-corrected chi connectivity index (χ0v) is 8.14. The lowest BCUT2D eigenvalue weighted by Gasteiger charge is -1.91. The highest BCUT2D eigenvalue weighted by Gasteiger charge is 2.18. The van der Waals surface area contributed by atoms with E-state index in [1.54, 1.807) is 24.3 Å². The maximum Gasteiger partial charge on any atom is 0.303 e. The first-order valence-corrected chi connectivity index (χ1v) is 4.40. The lowest BCUT2D eigenvalue weighted by atomic mass is 10.3. The van der Waals surface area contributed by atoms with E-state index in [0.717, 1.165) is 4.68 Å². The molecule has 0 saturated heterocycles. The Labute approximate surface area is 89.5 Å². The molecule has 0 spiro atoms. The van der Waals surface area contributed by atoms with E-state index in [9.17, 15) is 9.90 Å². The number of halogens is 1. The molecule has 0 atom stereocenters. The summed E-state index contributed by atoms with van der Waals surface area (Å²) in [6.07, 6.45) is 0.396. The van der Waals surface area contributed by atoms with Gasteiger partial charge in [-0.3, -0.25) is 4.79 Å². The number of carbonyl (C=O) groups excluding carboxylic acids is 1. The van der Waals surface area contributed by atoms with Crippen LogP contribution in [0.5, 0.6) is 5.95 Å². The van der Waals surface area contributed by atoms with Crippen LogP contribution in [0, 0.1) is 0 Å². The van der Waals surface area contributed by atoms with Crippen LogP contribution in [0.2, 0.25) is 5.02 Å². The van der Waals surface area contributed by atoms with Gasteiger partial charge in [-0.25, -0.2) is 0 Å². The molecule has 0 unspecified atom stereocenters. The second-order valence-corrected chi connectivity index (χ2v) is 3.19. The Morgan fingerprint density at radius 1 is 1.40 bits per heavy atom. The highest BCUT2D eigenvalue weighted by atomic mass is 35.5. The van der Waals surface area contributed by atoms with Crippen molar-refractivity contribution in [1.82, 2.24) is 5.27 Å². The Balaban J connectivity index is 2.53. The summed E-state index contributed by atoms with van der Waals surface area (Å²) < 4.78 is 5.48. The molecule has 0 amide bonds. The number of hydrogen-bond acceptors (Lipinski definition) is 4. The van der Waals surface area contributed by atoms with Gasteiger partial charge in [0.1, 0.15) is 0 Å².